The van der Waals surface area contributed by atoms with Gasteiger partial charge in [-0.15, -0.1) is 0 Å². The van der Waals surface area contributed by atoms with Crippen molar-refractivity contribution < 1.29 is 0 Å². The van der Waals surface area contributed by atoms with E-state index in [9.17, 15) is 9.59 Å². The number of H-pyrrole nitrogens is 6. The number of rotatable bonds is 0. The van der Waals surface area contributed by atoms with Gasteiger partial charge in [0.2, 0.25) is 0 Å². The Balaban J connectivity index is 1.81. The fourth-order valence-corrected chi connectivity index (χ4v) is 5.88. The normalized spacial score (nSPS) is 11.9. The highest BCUT2D eigenvalue weighted by Gasteiger charge is 2.13. The Labute approximate surface area is 230 Å². The van der Waals surface area contributed by atoms with E-state index in [1.807, 2.05) is 0 Å². The fourth-order valence-electron chi connectivity index (χ4n) is 5.01. The van der Waals surface area contributed by atoms with Crippen molar-refractivity contribution in [2.75, 3.05) is 0 Å². The Morgan fingerprint density at radius 1 is 0.368 bits per heavy atom. The molecule has 188 valence electrons. The van der Waals surface area contributed by atoms with Gasteiger partial charge in [-0.2, -0.15) is 0 Å². The number of halogens is 4. The van der Waals surface area contributed by atoms with E-state index in [2.05, 4.69) is 29.9 Å². The zero-order valence-corrected chi connectivity index (χ0v) is 22.0. The zero-order chi connectivity index (χ0) is 26.3. The number of aromatic amines is 6. The van der Waals surface area contributed by atoms with Gasteiger partial charge in [-0.25, -0.2) is 9.59 Å². The first-order chi connectivity index (χ1) is 18.2. The molecule has 8 nitrogen and oxygen atoms in total. The molecule has 6 N–H and O–H groups in total. The van der Waals surface area contributed by atoms with Crippen molar-refractivity contribution in [3.8, 4) is 0 Å². The number of hydrogen-bond acceptors (Lipinski definition) is 2. The van der Waals surface area contributed by atoms with Crippen LogP contribution in [0.5, 0.6) is 0 Å². The third kappa shape index (κ3) is 3.68. The van der Waals surface area contributed by atoms with Gasteiger partial charge >= 0.3 is 11.4 Å². The van der Waals surface area contributed by atoms with Gasteiger partial charge in [0.25, 0.3) is 0 Å². The molecular weight excluding hydrogens is 570 g/mol. The molecule has 0 saturated heterocycles. The van der Waals surface area contributed by atoms with E-state index in [-0.39, 0.29) is 0 Å². The van der Waals surface area contributed by atoms with Crippen molar-refractivity contribution in [3.05, 3.63) is 89.6 Å². The molecule has 12 heteroatoms. The highest BCUT2D eigenvalue weighted by molar-refractivity contribution is 6.36. The maximum absolute atomic E-state index is 13.2. The molecule has 3 heterocycles. The lowest BCUT2D eigenvalue weighted by Crippen LogP contribution is -2.07. The highest BCUT2D eigenvalue weighted by Crippen LogP contribution is 2.35. The fraction of sp³-hybridized carbons (Fsp3) is 0. The third-order valence-electron chi connectivity index (χ3n) is 6.49. The van der Waals surface area contributed by atoms with Gasteiger partial charge in [-0.3, -0.25) is 0 Å². The van der Waals surface area contributed by atoms with Gasteiger partial charge in [0, 0.05) is 41.6 Å². The first-order valence-electron chi connectivity index (χ1n) is 11.3. The molecule has 0 atom stereocenters. The Morgan fingerprint density at radius 2 is 0.605 bits per heavy atom. The Bertz CT molecular complexity index is 2030. The van der Waals surface area contributed by atoms with E-state index in [0.717, 1.165) is 0 Å². The van der Waals surface area contributed by atoms with E-state index in [1.54, 1.807) is 48.5 Å². The molecule has 0 spiro atoms. The average Bonchev–Trinajstić information content (AvgIpc) is 3.38. The van der Waals surface area contributed by atoms with Crippen molar-refractivity contribution >= 4 is 112 Å². The van der Waals surface area contributed by atoms with Crippen molar-refractivity contribution in [1.29, 1.82) is 0 Å². The Kier molecular flexibility index (Phi) is 5.12. The number of hydrogen-bond donors (Lipinski definition) is 6. The van der Waals surface area contributed by atoms with Crippen molar-refractivity contribution in [3.63, 3.8) is 0 Å². The minimum Gasteiger partial charge on any atom is -0.351 e. The summed E-state index contributed by atoms with van der Waals surface area (Å²) in [5, 5.41) is 4.49. The maximum atomic E-state index is 13.2. The second kappa shape index (κ2) is 8.34. The maximum Gasteiger partial charge on any atom is 0.323 e. The van der Waals surface area contributed by atoms with Gasteiger partial charge in [0.1, 0.15) is 0 Å². The molecule has 0 aliphatic heterocycles. The highest BCUT2D eigenvalue weighted by atomic mass is 35.5. The van der Waals surface area contributed by atoms with Gasteiger partial charge < -0.3 is 29.9 Å². The van der Waals surface area contributed by atoms with Crippen LogP contribution in [0.25, 0.3) is 65.7 Å². The Morgan fingerprint density at radius 3 is 0.842 bits per heavy atom. The molecule has 0 unspecified atom stereocenters. The predicted octanol–water partition coefficient (Wildman–Crippen LogP) is 7.59. The average molecular weight is 584 g/mol. The molecule has 4 bridgehead atoms. The lowest BCUT2D eigenvalue weighted by Gasteiger charge is -1.98. The largest absolute Gasteiger partial charge is 0.351 e. The van der Waals surface area contributed by atoms with E-state index in [1.165, 1.54) is 0 Å². The molecule has 0 fully saturated rings. The molecule has 4 aromatic carbocycles. The number of nitrogens with one attached hydrogen (secondary N) is 6. The van der Waals surface area contributed by atoms with Crippen LogP contribution in [0.1, 0.15) is 0 Å². The lowest BCUT2D eigenvalue weighted by atomic mass is 10.1. The molecule has 0 radical (unpaired) electrons. The minimum atomic E-state index is -0.510. The van der Waals surface area contributed by atoms with Crippen LogP contribution in [-0.4, -0.2) is 29.9 Å². The summed E-state index contributed by atoms with van der Waals surface area (Å²) in [6.07, 6.45) is 0. The second-order valence-electron chi connectivity index (χ2n) is 8.91. The first kappa shape index (κ1) is 23.3. The summed E-state index contributed by atoms with van der Waals surface area (Å²) in [6, 6.07) is 13.6. The van der Waals surface area contributed by atoms with Crippen LogP contribution < -0.4 is 11.4 Å². The smallest absolute Gasteiger partial charge is 0.323 e. The van der Waals surface area contributed by atoms with Gasteiger partial charge in [0.15, 0.2) is 0 Å². The summed E-state index contributed by atoms with van der Waals surface area (Å²) in [5.41, 5.74) is 3.13. The standard InChI is InChI=1S/C26H14Cl4N6O2/c27-9-1-13-14-2-10(28)6-18-22(14)35-21(13)17(5-9)31-25(37)33-19-7-11(29)3-15-16-4-12(30)8-20(34-26(38)32-18)24(16)36-23(15)19/h1-8,35-36H,(H2,31,33,37)(H2,32,34,38). The Hall–Kier alpha value is -3.82. The molecule has 0 saturated carbocycles. The number of aromatic nitrogens is 6. The molecule has 7 rings (SSSR count). The van der Waals surface area contributed by atoms with E-state index in [0.29, 0.717) is 85.8 Å². The quantitative estimate of drug-likeness (QED) is 0.110. The van der Waals surface area contributed by atoms with Crippen LogP contribution in [-0.2, 0) is 0 Å². The second-order valence-corrected chi connectivity index (χ2v) is 10.7. The minimum absolute atomic E-state index is 0.406. The molecule has 38 heavy (non-hydrogen) atoms. The molecular formula is C26H14Cl4N6O2. The van der Waals surface area contributed by atoms with Gasteiger partial charge in [-0.05, 0) is 48.5 Å². The van der Waals surface area contributed by atoms with Crippen LogP contribution in [0.4, 0.5) is 0 Å². The van der Waals surface area contributed by atoms with Crippen LogP contribution in [0.15, 0.2) is 58.1 Å². The summed E-state index contributed by atoms with van der Waals surface area (Å²) >= 11 is 25.7. The monoisotopic (exact) mass is 582 g/mol. The molecule has 0 amide bonds. The first-order valence-corrected chi connectivity index (χ1v) is 12.8. The van der Waals surface area contributed by atoms with Gasteiger partial charge in [0.05, 0.1) is 44.1 Å². The summed E-state index contributed by atoms with van der Waals surface area (Å²) in [6.45, 7) is 0. The van der Waals surface area contributed by atoms with E-state index < -0.39 is 11.4 Å². The topological polar surface area (TPSA) is 129 Å². The summed E-state index contributed by atoms with van der Waals surface area (Å²) < 4.78 is 0. The van der Waals surface area contributed by atoms with Crippen LogP contribution in [0.2, 0.25) is 20.1 Å². The third-order valence-corrected chi connectivity index (χ3v) is 7.36. The van der Waals surface area contributed by atoms with Crippen LogP contribution in [0, 0.1) is 0 Å². The van der Waals surface area contributed by atoms with Crippen molar-refractivity contribution in [2.45, 2.75) is 0 Å². The summed E-state index contributed by atoms with van der Waals surface area (Å²) in [5.74, 6) is 0. The number of fused-ring (bicyclic) bond motifs is 2. The summed E-state index contributed by atoms with van der Waals surface area (Å²) in [4.78, 5) is 44.5. The molecule has 0 aliphatic rings. The van der Waals surface area contributed by atoms with E-state index in [4.69, 9.17) is 46.4 Å². The van der Waals surface area contributed by atoms with E-state index >= 15 is 0 Å². The molecule has 0 aliphatic carbocycles. The van der Waals surface area contributed by atoms with Crippen molar-refractivity contribution in [2.24, 2.45) is 0 Å². The van der Waals surface area contributed by atoms with Crippen LogP contribution >= 0.6 is 46.4 Å². The van der Waals surface area contributed by atoms with Crippen molar-refractivity contribution in [1.82, 2.24) is 29.9 Å². The lowest BCUT2D eigenvalue weighted by molar-refractivity contribution is 1.16. The molecule has 7 aromatic rings. The summed E-state index contributed by atoms with van der Waals surface area (Å²) in [7, 11) is 0. The predicted molar refractivity (Wildman–Crippen MR) is 157 cm³/mol. The van der Waals surface area contributed by atoms with Gasteiger partial charge in [-0.1, -0.05) is 46.4 Å². The van der Waals surface area contributed by atoms with Crippen LogP contribution in [0.3, 0.4) is 0 Å². The molecule has 3 aromatic heterocycles. The SMILES string of the molecule is O=c1[nH]c2cc(Cl)cc3c4cc(Cl)cc([nH]c(=O)[nH]c5cc(Cl)cc6c7cc(Cl)cc([nH]1)c7[nH]c56)c4[nH]c23. The zero-order valence-electron chi connectivity index (χ0n) is 18.9. The number of benzene rings is 4.